The topological polar surface area (TPSA) is 34.1 Å². The van der Waals surface area contributed by atoms with E-state index in [4.69, 9.17) is 0 Å². The Bertz CT molecular complexity index is 630. The molecule has 0 amide bonds. The minimum Gasteiger partial charge on any atom is -0.294 e. The van der Waals surface area contributed by atoms with E-state index in [1.54, 1.807) is 12.2 Å². The van der Waals surface area contributed by atoms with Crippen LogP contribution in [0.4, 0.5) is 0 Å². The molecule has 0 saturated heterocycles. The van der Waals surface area contributed by atoms with Crippen molar-refractivity contribution in [2.24, 2.45) is 0 Å². The van der Waals surface area contributed by atoms with E-state index in [2.05, 4.69) is 0 Å². The molecule has 2 heteroatoms. The largest absolute Gasteiger partial charge is 0.294 e. The summed E-state index contributed by atoms with van der Waals surface area (Å²) in [5.74, 6) is -0.189. The third-order valence-electron chi connectivity index (χ3n) is 3.94. The molecule has 0 aromatic heterocycles. The Balaban J connectivity index is 2.11. The SMILES string of the molecule is O=C1C=Cc2ccc3c4c2C1C=CC4C(=O)C=C3. The van der Waals surface area contributed by atoms with E-state index in [-0.39, 0.29) is 23.4 Å². The lowest BCUT2D eigenvalue weighted by atomic mass is 9.71. The lowest BCUT2D eigenvalue weighted by Gasteiger charge is -2.31. The molecule has 1 aromatic rings. The highest BCUT2D eigenvalue weighted by molar-refractivity contribution is 6.08. The summed E-state index contributed by atoms with van der Waals surface area (Å²) in [6.45, 7) is 0. The fourth-order valence-electron chi connectivity index (χ4n) is 3.09. The van der Waals surface area contributed by atoms with Gasteiger partial charge in [0.05, 0.1) is 11.8 Å². The zero-order chi connectivity index (χ0) is 12.3. The molecule has 2 unspecified atom stereocenters. The Kier molecular flexibility index (Phi) is 1.72. The molecule has 3 aliphatic carbocycles. The van der Waals surface area contributed by atoms with Crippen LogP contribution in [-0.4, -0.2) is 11.6 Å². The van der Waals surface area contributed by atoms with E-state index >= 15 is 0 Å². The van der Waals surface area contributed by atoms with Gasteiger partial charge in [0.25, 0.3) is 0 Å². The predicted octanol–water partition coefficient (Wildman–Crippen LogP) is 2.62. The van der Waals surface area contributed by atoms with Crippen molar-refractivity contribution < 1.29 is 9.59 Å². The summed E-state index contributed by atoms with van der Waals surface area (Å²) < 4.78 is 0. The second-order valence-electron chi connectivity index (χ2n) is 4.88. The van der Waals surface area contributed by atoms with Crippen LogP contribution >= 0.6 is 0 Å². The molecule has 3 aliphatic rings. The van der Waals surface area contributed by atoms with Crippen LogP contribution in [0.5, 0.6) is 0 Å². The molecule has 0 saturated carbocycles. The van der Waals surface area contributed by atoms with Gasteiger partial charge in [0.2, 0.25) is 0 Å². The van der Waals surface area contributed by atoms with Gasteiger partial charge in [0.1, 0.15) is 0 Å². The predicted molar refractivity (Wildman–Crippen MR) is 69.1 cm³/mol. The summed E-state index contributed by atoms with van der Waals surface area (Å²) in [5.41, 5.74) is 4.20. The fourth-order valence-corrected chi connectivity index (χ4v) is 3.09. The standard InChI is InChI=1S/C16H10O2/c17-13-7-3-9-1-2-10-4-8-14(18)12-6-5-11(13)15(9)16(10)12/h1-8,11-12H. The smallest absolute Gasteiger partial charge is 0.166 e. The Labute approximate surface area is 104 Å². The quantitative estimate of drug-likeness (QED) is 0.647. The number of benzene rings is 1. The molecule has 0 bridgehead atoms. The molecule has 0 N–H and O–H groups in total. The number of carbonyl (C=O) groups is 2. The lowest BCUT2D eigenvalue weighted by Crippen LogP contribution is -2.25. The van der Waals surface area contributed by atoms with Gasteiger partial charge in [0, 0.05) is 0 Å². The number of carbonyl (C=O) groups excluding carboxylic acids is 2. The minimum atomic E-state index is -0.199. The molecule has 2 atom stereocenters. The van der Waals surface area contributed by atoms with Gasteiger partial charge >= 0.3 is 0 Å². The third kappa shape index (κ3) is 1.07. The van der Waals surface area contributed by atoms with Crippen molar-refractivity contribution in [2.45, 2.75) is 11.8 Å². The first-order valence-electron chi connectivity index (χ1n) is 6.04. The number of hydrogen-bond donors (Lipinski definition) is 0. The van der Waals surface area contributed by atoms with Crippen molar-refractivity contribution in [3.8, 4) is 0 Å². The van der Waals surface area contributed by atoms with Gasteiger partial charge in [-0.25, -0.2) is 0 Å². The number of allylic oxidation sites excluding steroid dienone is 4. The Morgan fingerprint density at radius 3 is 1.56 bits per heavy atom. The summed E-state index contributed by atoms with van der Waals surface area (Å²) in [4.78, 5) is 23.9. The Morgan fingerprint density at radius 2 is 1.11 bits per heavy atom. The Hall–Kier alpha value is -2.22. The van der Waals surface area contributed by atoms with E-state index in [9.17, 15) is 9.59 Å². The van der Waals surface area contributed by atoms with Crippen molar-refractivity contribution in [1.29, 1.82) is 0 Å². The molecular weight excluding hydrogens is 224 g/mol. The summed E-state index contributed by atoms with van der Waals surface area (Å²) in [5, 5.41) is 0. The lowest BCUT2D eigenvalue weighted by molar-refractivity contribution is -0.116. The highest BCUT2D eigenvalue weighted by Gasteiger charge is 2.35. The molecule has 0 heterocycles. The molecule has 0 fully saturated rings. The molecule has 0 radical (unpaired) electrons. The van der Waals surface area contributed by atoms with Crippen LogP contribution in [-0.2, 0) is 9.59 Å². The van der Waals surface area contributed by atoms with Gasteiger partial charge in [-0.2, -0.15) is 0 Å². The zero-order valence-corrected chi connectivity index (χ0v) is 9.59. The first-order chi connectivity index (χ1) is 8.75. The van der Waals surface area contributed by atoms with E-state index < -0.39 is 0 Å². The zero-order valence-electron chi connectivity index (χ0n) is 9.59. The van der Waals surface area contributed by atoms with E-state index in [1.165, 1.54) is 0 Å². The first-order valence-corrected chi connectivity index (χ1v) is 6.04. The van der Waals surface area contributed by atoms with Gasteiger partial charge in [0.15, 0.2) is 11.6 Å². The van der Waals surface area contributed by atoms with Gasteiger partial charge < -0.3 is 0 Å². The number of rotatable bonds is 0. The maximum absolute atomic E-state index is 11.9. The van der Waals surface area contributed by atoms with Crippen LogP contribution in [0.25, 0.3) is 12.2 Å². The van der Waals surface area contributed by atoms with Gasteiger partial charge in [-0.05, 0) is 34.4 Å². The van der Waals surface area contributed by atoms with Gasteiger partial charge in [-0.3, -0.25) is 9.59 Å². The summed E-state index contributed by atoms with van der Waals surface area (Å²) in [6, 6.07) is 4.06. The summed E-state index contributed by atoms with van der Waals surface area (Å²) in [6.07, 6.45) is 10.7. The van der Waals surface area contributed by atoms with Gasteiger partial charge in [-0.15, -0.1) is 0 Å². The molecule has 4 rings (SSSR count). The fraction of sp³-hybridized carbons (Fsp3) is 0.125. The highest BCUT2D eigenvalue weighted by Crippen LogP contribution is 2.43. The van der Waals surface area contributed by atoms with Crippen molar-refractivity contribution in [3.05, 3.63) is 58.7 Å². The minimum absolute atomic E-state index is 0.104. The van der Waals surface area contributed by atoms with Crippen LogP contribution in [0, 0.1) is 0 Å². The van der Waals surface area contributed by atoms with Crippen molar-refractivity contribution in [2.75, 3.05) is 0 Å². The van der Waals surface area contributed by atoms with Crippen molar-refractivity contribution in [1.82, 2.24) is 0 Å². The third-order valence-corrected chi connectivity index (χ3v) is 3.94. The highest BCUT2D eigenvalue weighted by atomic mass is 16.1. The van der Waals surface area contributed by atoms with Crippen LogP contribution in [0.2, 0.25) is 0 Å². The van der Waals surface area contributed by atoms with Crippen molar-refractivity contribution >= 4 is 23.7 Å². The van der Waals surface area contributed by atoms with E-state index in [1.807, 2.05) is 36.4 Å². The average Bonchev–Trinajstić information content (AvgIpc) is 2.40. The summed E-state index contributed by atoms with van der Waals surface area (Å²) in [7, 11) is 0. The van der Waals surface area contributed by atoms with Crippen molar-refractivity contribution in [3.63, 3.8) is 0 Å². The second kappa shape index (κ2) is 3.16. The maximum Gasteiger partial charge on any atom is 0.166 e. The van der Waals surface area contributed by atoms with E-state index in [0.29, 0.717) is 0 Å². The number of ketones is 2. The Morgan fingerprint density at radius 1 is 0.667 bits per heavy atom. The normalized spacial score (nSPS) is 26.4. The molecule has 1 aromatic carbocycles. The summed E-state index contributed by atoms with van der Waals surface area (Å²) >= 11 is 0. The van der Waals surface area contributed by atoms with E-state index in [0.717, 1.165) is 22.3 Å². The molecule has 86 valence electrons. The molecular formula is C16H10O2. The number of hydrogen-bond acceptors (Lipinski definition) is 2. The monoisotopic (exact) mass is 234 g/mol. The van der Waals surface area contributed by atoms with Gasteiger partial charge in [-0.1, -0.05) is 36.4 Å². The van der Waals surface area contributed by atoms with Crippen LogP contribution in [0.15, 0.2) is 36.4 Å². The molecule has 18 heavy (non-hydrogen) atoms. The average molecular weight is 234 g/mol. The molecule has 2 nitrogen and oxygen atoms in total. The first kappa shape index (κ1) is 9.77. The van der Waals surface area contributed by atoms with Crippen LogP contribution in [0.1, 0.15) is 34.1 Å². The van der Waals surface area contributed by atoms with Crippen LogP contribution in [0.3, 0.4) is 0 Å². The molecule has 0 aliphatic heterocycles. The van der Waals surface area contributed by atoms with Crippen LogP contribution < -0.4 is 0 Å². The molecule has 0 spiro atoms. The second-order valence-corrected chi connectivity index (χ2v) is 4.88. The maximum atomic E-state index is 11.9.